The Balaban J connectivity index is 1.67. The molecule has 9 heteroatoms. The van der Waals surface area contributed by atoms with Crippen molar-refractivity contribution in [3.63, 3.8) is 0 Å². The number of aromatic nitrogens is 4. The van der Waals surface area contributed by atoms with Gasteiger partial charge in [0, 0.05) is 38.7 Å². The van der Waals surface area contributed by atoms with E-state index in [4.69, 9.17) is 15.7 Å². The van der Waals surface area contributed by atoms with Gasteiger partial charge in [-0.1, -0.05) is 29.8 Å². The second-order valence-electron chi connectivity index (χ2n) is 8.21. The number of halogens is 1. The fourth-order valence-electron chi connectivity index (χ4n) is 4.17. The van der Waals surface area contributed by atoms with Crippen LogP contribution in [-0.4, -0.2) is 56.7 Å². The van der Waals surface area contributed by atoms with Crippen LogP contribution in [0.1, 0.15) is 12.5 Å². The molecule has 0 atom stereocenters. The number of carbonyl (C=O) groups is 1. The zero-order valence-corrected chi connectivity index (χ0v) is 18.5. The van der Waals surface area contributed by atoms with E-state index in [0.29, 0.717) is 60.4 Å². The van der Waals surface area contributed by atoms with Crippen molar-refractivity contribution in [1.82, 2.24) is 24.6 Å². The molecule has 0 radical (unpaired) electrons. The number of nitrogen functional groups attached to an aromatic ring is 1. The summed E-state index contributed by atoms with van der Waals surface area (Å²) in [7, 11) is 0. The fourth-order valence-corrected chi connectivity index (χ4v) is 4.17. The highest BCUT2D eigenvalue weighted by Gasteiger charge is 2.24. The molecule has 1 aliphatic heterocycles. The molecular weight excluding hydrogens is 421 g/mol. The normalized spacial score (nSPS) is 14.2. The number of amides is 1. The third-order valence-electron chi connectivity index (χ3n) is 5.91. The monoisotopic (exact) mass is 445 g/mol. The Morgan fingerprint density at radius 3 is 2.48 bits per heavy atom. The molecule has 1 aliphatic rings. The lowest BCUT2D eigenvalue weighted by molar-refractivity contribution is -0.129. The molecule has 5 rings (SSSR count). The lowest BCUT2D eigenvalue weighted by atomic mass is 10.1. The molecule has 0 spiro atoms. The van der Waals surface area contributed by atoms with Gasteiger partial charge in [-0.25, -0.2) is 14.1 Å². The summed E-state index contributed by atoms with van der Waals surface area (Å²) in [6, 6.07) is 14.1. The summed E-state index contributed by atoms with van der Waals surface area (Å²) in [4.78, 5) is 25.2. The quantitative estimate of drug-likeness (QED) is 0.521. The van der Waals surface area contributed by atoms with Gasteiger partial charge >= 0.3 is 0 Å². The Hall–Kier alpha value is -4.01. The van der Waals surface area contributed by atoms with Crippen LogP contribution in [0.2, 0.25) is 0 Å². The van der Waals surface area contributed by atoms with E-state index >= 15 is 0 Å². The highest BCUT2D eigenvalue weighted by atomic mass is 19.1. The highest BCUT2D eigenvalue weighted by Crippen LogP contribution is 2.34. The number of nitrogens with zero attached hydrogens (tertiary/aromatic N) is 6. The molecule has 0 unspecified atom stereocenters. The van der Waals surface area contributed by atoms with E-state index in [2.05, 4.69) is 10.00 Å². The van der Waals surface area contributed by atoms with Crippen LogP contribution in [-0.2, 0) is 4.79 Å². The Bertz CT molecular complexity index is 1360. The first-order chi connectivity index (χ1) is 15.9. The standard InChI is InChI=1S/C24H24FN7O/c1-15-5-3-6-17(13-15)21-20-22(26)32(19-8-4-7-18(25)14-19)29-23(20)28-24(27-21)31-11-9-30(10-12-31)16(2)33/h3-8,13-14H,9-12,26H2,1-2H3. The number of benzene rings is 2. The van der Waals surface area contributed by atoms with Crippen molar-refractivity contribution in [2.24, 2.45) is 0 Å². The molecule has 1 saturated heterocycles. The molecule has 2 aromatic heterocycles. The molecule has 2 N–H and O–H groups in total. The minimum Gasteiger partial charge on any atom is -0.383 e. The number of anilines is 2. The Kier molecular flexibility index (Phi) is 5.16. The van der Waals surface area contributed by atoms with Crippen molar-refractivity contribution < 1.29 is 9.18 Å². The van der Waals surface area contributed by atoms with Crippen molar-refractivity contribution in [1.29, 1.82) is 0 Å². The first-order valence-corrected chi connectivity index (χ1v) is 10.8. The summed E-state index contributed by atoms with van der Waals surface area (Å²) >= 11 is 0. The van der Waals surface area contributed by atoms with Crippen LogP contribution in [0, 0.1) is 12.7 Å². The van der Waals surface area contributed by atoms with Crippen LogP contribution >= 0.6 is 0 Å². The molecule has 0 saturated carbocycles. The number of hydrogen-bond donors (Lipinski definition) is 1. The third-order valence-corrected chi connectivity index (χ3v) is 5.91. The van der Waals surface area contributed by atoms with Crippen LogP contribution in [0.25, 0.3) is 28.0 Å². The van der Waals surface area contributed by atoms with Crippen molar-refractivity contribution in [3.8, 4) is 16.9 Å². The van der Waals surface area contributed by atoms with Crippen molar-refractivity contribution >= 4 is 28.7 Å². The van der Waals surface area contributed by atoms with Gasteiger partial charge in [0.2, 0.25) is 11.9 Å². The van der Waals surface area contributed by atoms with Crippen molar-refractivity contribution in [3.05, 3.63) is 59.9 Å². The topological polar surface area (TPSA) is 93.2 Å². The summed E-state index contributed by atoms with van der Waals surface area (Å²) < 4.78 is 15.4. The van der Waals surface area contributed by atoms with Gasteiger partial charge in [-0.3, -0.25) is 4.79 Å². The molecule has 33 heavy (non-hydrogen) atoms. The summed E-state index contributed by atoms with van der Waals surface area (Å²) in [6.07, 6.45) is 0. The molecule has 3 heterocycles. The highest BCUT2D eigenvalue weighted by molar-refractivity contribution is 5.99. The molecule has 1 fully saturated rings. The smallest absolute Gasteiger partial charge is 0.228 e. The molecular formula is C24H24FN7O. The molecule has 0 aliphatic carbocycles. The molecule has 1 amide bonds. The van der Waals surface area contributed by atoms with Crippen molar-refractivity contribution in [2.45, 2.75) is 13.8 Å². The fraction of sp³-hybridized carbons (Fsp3) is 0.250. The average molecular weight is 446 g/mol. The number of aryl methyl sites for hydroxylation is 1. The van der Waals surface area contributed by atoms with E-state index in [0.717, 1.165) is 11.1 Å². The Labute approximate surface area is 190 Å². The van der Waals surface area contributed by atoms with E-state index in [1.807, 2.05) is 36.1 Å². The summed E-state index contributed by atoms with van der Waals surface area (Å²) in [6.45, 7) is 6.06. The predicted octanol–water partition coefficient (Wildman–Crippen LogP) is 3.18. The maximum atomic E-state index is 13.9. The second-order valence-corrected chi connectivity index (χ2v) is 8.21. The van der Waals surface area contributed by atoms with Gasteiger partial charge in [-0.2, -0.15) is 4.98 Å². The predicted molar refractivity (Wildman–Crippen MR) is 126 cm³/mol. The maximum Gasteiger partial charge on any atom is 0.228 e. The van der Waals surface area contributed by atoms with Gasteiger partial charge in [0.25, 0.3) is 0 Å². The number of nitrogens with two attached hydrogens (primary N) is 1. The third kappa shape index (κ3) is 3.86. The SMILES string of the molecule is CC(=O)N1CCN(c2nc(-c3cccc(C)c3)c3c(N)n(-c4cccc(F)c4)nc3n2)CC1. The van der Waals surface area contributed by atoms with Gasteiger partial charge in [-0.05, 0) is 31.2 Å². The van der Waals surface area contributed by atoms with E-state index < -0.39 is 0 Å². The van der Waals surface area contributed by atoms with Gasteiger partial charge in [0.05, 0.1) is 16.8 Å². The lowest BCUT2D eigenvalue weighted by Gasteiger charge is -2.34. The Morgan fingerprint density at radius 2 is 1.79 bits per heavy atom. The summed E-state index contributed by atoms with van der Waals surface area (Å²) in [5.74, 6) is 0.569. The summed E-state index contributed by atoms with van der Waals surface area (Å²) in [5, 5.41) is 5.23. The number of rotatable bonds is 3. The Morgan fingerprint density at radius 1 is 1.03 bits per heavy atom. The first-order valence-electron chi connectivity index (χ1n) is 10.8. The van der Waals surface area contributed by atoms with Crippen LogP contribution in [0.15, 0.2) is 48.5 Å². The zero-order valence-electron chi connectivity index (χ0n) is 18.5. The van der Waals surface area contributed by atoms with Crippen molar-refractivity contribution in [2.75, 3.05) is 36.8 Å². The number of hydrogen-bond acceptors (Lipinski definition) is 6. The van der Waals surface area contributed by atoms with Gasteiger partial charge in [0.15, 0.2) is 5.65 Å². The van der Waals surface area contributed by atoms with Crippen LogP contribution in [0.5, 0.6) is 0 Å². The number of piperazine rings is 1. The van der Waals surface area contributed by atoms with Gasteiger partial charge in [0.1, 0.15) is 11.6 Å². The number of fused-ring (bicyclic) bond motifs is 1. The minimum absolute atomic E-state index is 0.0630. The lowest BCUT2D eigenvalue weighted by Crippen LogP contribution is -2.48. The van der Waals surface area contributed by atoms with Gasteiger partial charge in [-0.15, -0.1) is 5.10 Å². The zero-order chi connectivity index (χ0) is 23.1. The van der Waals surface area contributed by atoms with Gasteiger partial charge < -0.3 is 15.5 Å². The second kappa shape index (κ2) is 8.16. The number of carbonyl (C=O) groups excluding carboxylic acids is 1. The van der Waals surface area contributed by atoms with Crippen LogP contribution in [0.3, 0.4) is 0 Å². The van der Waals surface area contributed by atoms with Crippen LogP contribution < -0.4 is 10.6 Å². The van der Waals surface area contributed by atoms with E-state index in [-0.39, 0.29) is 11.7 Å². The van der Waals surface area contributed by atoms with Crippen LogP contribution in [0.4, 0.5) is 16.2 Å². The molecule has 2 aromatic carbocycles. The molecule has 0 bridgehead atoms. The maximum absolute atomic E-state index is 13.9. The average Bonchev–Trinajstić information content (AvgIpc) is 3.15. The molecule has 168 valence electrons. The van der Waals surface area contributed by atoms with E-state index in [1.165, 1.54) is 16.8 Å². The summed E-state index contributed by atoms with van der Waals surface area (Å²) in [5.41, 5.74) is 10.1. The largest absolute Gasteiger partial charge is 0.383 e. The molecule has 4 aromatic rings. The van der Waals surface area contributed by atoms with E-state index in [1.54, 1.807) is 19.1 Å². The minimum atomic E-state index is -0.375. The van der Waals surface area contributed by atoms with E-state index in [9.17, 15) is 9.18 Å². The first kappa shape index (κ1) is 20.9. The molecule has 8 nitrogen and oxygen atoms in total.